The van der Waals surface area contributed by atoms with Crippen molar-refractivity contribution in [1.29, 1.82) is 0 Å². The normalized spacial score (nSPS) is 16.1. The van der Waals surface area contributed by atoms with Crippen LogP contribution in [0.4, 0.5) is 10.5 Å². The second-order valence-electron chi connectivity index (χ2n) is 6.15. The van der Waals surface area contributed by atoms with Crippen LogP contribution in [0.15, 0.2) is 42.6 Å². The number of carbonyl (C=O) groups is 2. The van der Waals surface area contributed by atoms with Crippen molar-refractivity contribution in [2.24, 2.45) is 0 Å². The first-order valence-corrected chi connectivity index (χ1v) is 9.08. The molecule has 1 fully saturated rings. The number of hydrogen-bond acceptors (Lipinski definition) is 4. The Hall–Kier alpha value is -2.80. The number of amides is 3. The topological polar surface area (TPSA) is 83.6 Å². The second kappa shape index (κ2) is 8.73. The zero-order valence-electron chi connectivity index (χ0n) is 14.9. The number of hydrogen-bond donors (Lipinski definition) is 2. The summed E-state index contributed by atoms with van der Waals surface area (Å²) >= 11 is 6.27. The maximum Gasteiger partial charge on any atom is 0.322 e. The lowest BCUT2D eigenvalue weighted by Crippen LogP contribution is -2.46. The van der Waals surface area contributed by atoms with Gasteiger partial charge in [0.15, 0.2) is 0 Å². The van der Waals surface area contributed by atoms with E-state index in [1.807, 2.05) is 18.2 Å². The summed E-state index contributed by atoms with van der Waals surface area (Å²) in [5.41, 5.74) is 1.33. The fourth-order valence-electron chi connectivity index (χ4n) is 2.98. The average molecular weight is 389 g/mol. The van der Waals surface area contributed by atoms with Gasteiger partial charge in [-0.2, -0.15) is 0 Å². The average Bonchev–Trinajstić information content (AvgIpc) is 3.17. The molecule has 1 aromatic heterocycles. The fraction of sp³-hybridized carbons (Fsp3) is 0.316. The van der Waals surface area contributed by atoms with Crippen LogP contribution in [0.1, 0.15) is 18.5 Å². The van der Waals surface area contributed by atoms with E-state index >= 15 is 0 Å². The number of likely N-dealkylation sites (tertiary alicyclic amines) is 1. The quantitative estimate of drug-likeness (QED) is 0.824. The summed E-state index contributed by atoms with van der Waals surface area (Å²) < 4.78 is 5.68. The molecule has 0 spiro atoms. The van der Waals surface area contributed by atoms with Crippen LogP contribution in [0, 0.1) is 0 Å². The van der Waals surface area contributed by atoms with E-state index in [1.54, 1.807) is 31.4 Å². The fourth-order valence-corrected chi connectivity index (χ4v) is 3.21. The van der Waals surface area contributed by atoms with Gasteiger partial charge in [-0.05, 0) is 43.2 Å². The molecule has 1 aliphatic heterocycles. The molecule has 2 N–H and O–H groups in total. The molecule has 27 heavy (non-hydrogen) atoms. The standard InChI is InChI=1S/C19H21ClN4O3/c1-21-18(25)16-6-4-10-24(16)19(26)23-13-7-8-17(15(20)11-13)27-12-14-5-2-3-9-22-14/h2-3,5,7-9,11,16H,4,6,10,12H2,1H3,(H,21,25)(H,23,26). The predicted octanol–water partition coefficient (Wildman–Crippen LogP) is 3.06. The minimum Gasteiger partial charge on any atom is -0.486 e. The highest BCUT2D eigenvalue weighted by atomic mass is 35.5. The molecule has 8 heteroatoms. The molecule has 0 saturated carbocycles. The lowest BCUT2D eigenvalue weighted by atomic mass is 10.2. The number of nitrogens with zero attached hydrogens (tertiary/aromatic N) is 2. The number of carbonyl (C=O) groups excluding carboxylic acids is 2. The first-order chi connectivity index (χ1) is 13.1. The van der Waals surface area contributed by atoms with Gasteiger partial charge in [-0.15, -0.1) is 0 Å². The summed E-state index contributed by atoms with van der Waals surface area (Å²) in [6.07, 6.45) is 3.16. The molecule has 0 aliphatic carbocycles. The molecule has 3 rings (SSSR count). The Labute approximate surface area is 162 Å². The number of urea groups is 1. The number of anilines is 1. The van der Waals surface area contributed by atoms with E-state index < -0.39 is 6.04 Å². The van der Waals surface area contributed by atoms with Gasteiger partial charge in [-0.25, -0.2) is 4.79 Å². The largest absolute Gasteiger partial charge is 0.486 e. The SMILES string of the molecule is CNC(=O)C1CCCN1C(=O)Nc1ccc(OCc2ccccn2)c(Cl)c1. The van der Waals surface area contributed by atoms with Crippen LogP contribution in [0.25, 0.3) is 0 Å². The Bertz CT molecular complexity index is 816. The molecule has 2 heterocycles. The van der Waals surface area contributed by atoms with E-state index in [0.29, 0.717) is 36.0 Å². The molecule has 0 radical (unpaired) electrons. The third kappa shape index (κ3) is 4.68. The van der Waals surface area contributed by atoms with Crippen molar-refractivity contribution in [1.82, 2.24) is 15.2 Å². The molecule has 7 nitrogen and oxygen atoms in total. The van der Waals surface area contributed by atoms with E-state index in [1.165, 1.54) is 4.90 Å². The van der Waals surface area contributed by atoms with Crippen molar-refractivity contribution in [2.75, 3.05) is 18.9 Å². The molecular formula is C19H21ClN4O3. The first kappa shape index (κ1) is 19.0. The van der Waals surface area contributed by atoms with E-state index in [-0.39, 0.29) is 11.9 Å². The zero-order valence-corrected chi connectivity index (χ0v) is 15.7. The molecule has 1 unspecified atom stereocenters. The molecule has 1 atom stereocenters. The first-order valence-electron chi connectivity index (χ1n) is 8.70. The maximum absolute atomic E-state index is 12.5. The third-order valence-electron chi connectivity index (χ3n) is 4.35. The monoisotopic (exact) mass is 388 g/mol. The van der Waals surface area contributed by atoms with Crippen LogP contribution in [0.2, 0.25) is 5.02 Å². The predicted molar refractivity (Wildman–Crippen MR) is 103 cm³/mol. The molecule has 1 aromatic carbocycles. The van der Waals surface area contributed by atoms with Gasteiger partial charge in [0.25, 0.3) is 0 Å². The summed E-state index contributed by atoms with van der Waals surface area (Å²) in [4.78, 5) is 30.1. The van der Waals surface area contributed by atoms with Gasteiger partial charge in [0.1, 0.15) is 18.4 Å². The van der Waals surface area contributed by atoms with Crippen LogP contribution in [-0.4, -0.2) is 41.5 Å². The lowest BCUT2D eigenvalue weighted by Gasteiger charge is -2.23. The summed E-state index contributed by atoms with van der Waals surface area (Å²) in [7, 11) is 1.57. The van der Waals surface area contributed by atoms with E-state index in [2.05, 4.69) is 15.6 Å². The minimum absolute atomic E-state index is 0.154. The van der Waals surface area contributed by atoms with Crippen molar-refractivity contribution in [3.63, 3.8) is 0 Å². The Kier molecular flexibility index (Phi) is 6.13. The van der Waals surface area contributed by atoms with Crippen LogP contribution < -0.4 is 15.4 Å². The molecule has 142 valence electrons. The lowest BCUT2D eigenvalue weighted by molar-refractivity contribution is -0.124. The van der Waals surface area contributed by atoms with E-state index in [0.717, 1.165) is 12.1 Å². The van der Waals surface area contributed by atoms with Gasteiger partial charge in [-0.3, -0.25) is 9.78 Å². The van der Waals surface area contributed by atoms with Crippen LogP contribution in [-0.2, 0) is 11.4 Å². The molecule has 1 saturated heterocycles. The summed E-state index contributed by atoms with van der Waals surface area (Å²) in [5, 5.41) is 5.77. The highest BCUT2D eigenvalue weighted by molar-refractivity contribution is 6.32. The molecule has 2 aromatic rings. The highest BCUT2D eigenvalue weighted by Crippen LogP contribution is 2.29. The Morgan fingerprint density at radius 2 is 2.19 bits per heavy atom. The number of aromatic nitrogens is 1. The zero-order chi connectivity index (χ0) is 19.2. The van der Waals surface area contributed by atoms with Gasteiger partial charge in [0.05, 0.1) is 10.7 Å². The summed E-state index contributed by atoms with van der Waals surface area (Å²) in [6.45, 7) is 0.844. The molecule has 3 amide bonds. The van der Waals surface area contributed by atoms with Gasteiger partial charge in [0, 0.05) is 25.5 Å². The minimum atomic E-state index is -0.438. The number of benzene rings is 1. The van der Waals surface area contributed by atoms with Crippen molar-refractivity contribution < 1.29 is 14.3 Å². The van der Waals surface area contributed by atoms with E-state index in [9.17, 15) is 9.59 Å². The van der Waals surface area contributed by atoms with Crippen molar-refractivity contribution >= 4 is 29.2 Å². The van der Waals surface area contributed by atoms with Crippen LogP contribution in [0.5, 0.6) is 5.75 Å². The van der Waals surface area contributed by atoms with Crippen LogP contribution in [0.3, 0.4) is 0 Å². The van der Waals surface area contributed by atoms with Gasteiger partial charge < -0.3 is 20.3 Å². The number of pyridine rings is 1. The summed E-state index contributed by atoms with van der Waals surface area (Å²) in [6, 6.07) is 9.86. The van der Waals surface area contributed by atoms with Crippen molar-refractivity contribution in [3.05, 3.63) is 53.3 Å². The van der Waals surface area contributed by atoms with E-state index in [4.69, 9.17) is 16.3 Å². The number of rotatable bonds is 5. The van der Waals surface area contributed by atoms with Crippen LogP contribution >= 0.6 is 11.6 Å². The Balaban J connectivity index is 1.61. The van der Waals surface area contributed by atoms with Gasteiger partial charge in [-0.1, -0.05) is 17.7 Å². The Morgan fingerprint density at radius 3 is 2.89 bits per heavy atom. The number of halogens is 1. The van der Waals surface area contributed by atoms with Gasteiger partial charge in [0.2, 0.25) is 5.91 Å². The second-order valence-corrected chi connectivity index (χ2v) is 6.56. The van der Waals surface area contributed by atoms with Crippen molar-refractivity contribution in [2.45, 2.75) is 25.5 Å². The number of likely N-dealkylation sites (N-methyl/N-ethyl adjacent to an activating group) is 1. The van der Waals surface area contributed by atoms with Crippen molar-refractivity contribution in [3.8, 4) is 5.75 Å². The highest BCUT2D eigenvalue weighted by Gasteiger charge is 2.33. The maximum atomic E-state index is 12.5. The third-order valence-corrected chi connectivity index (χ3v) is 4.64. The number of nitrogens with one attached hydrogen (secondary N) is 2. The smallest absolute Gasteiger partial charge is 0.322 e. The summed E-state index contributed by atoms with van der Waals surface area (Å²) in [5.74, 6) is 0.351. The molecular weight excluding hydrogens is 368 g/mol. The Morgan fingerprint density at radius 1 is 1.33 bits per heavy atom. The molecule has 0 bridgehead atoms. The number of ether oxygens (including phenoxy) is 1. The van der Waals surface area contributed by atoms with Gasteiger partial charge >= 0.3 is 6.03 Å². The molecule has 1 aliphatic rings.